The van der Waals surface area contributed by atoms with E-state index >= 15 is 0 Å². The highest BCUT2D eigenvalue weighted by Gasteiger charge is 2.07. The molecule has 2 aromatic rings. The minimum Gasteiger partial charge on any atom is -0.294 e. The van der Waals surface area contributed by atoms with Crippen LogP contribution in [-0.2, 0) is 12.8 Å². The molecule has 0 N–H and O–H groups in total. The van der Waals surface area contributed by atoms with Crippen molar-refractivity contribution < 1.29 is 4.79 Å². The highest BCUT2D eigenvalue weighted by Crippen LogP contribution is 2.14. The van der Waals surface area contributed by atoms with E-state index < -0.39 is 0 Å². The number of hydrogen-bond acceptors (Lipinski definition) is 1. The zero-order chi connectivity index (χ0) is 13.0. The van der Waals surface area contributed by atoms with Gasteiger partial charge in [-0.05, 0) is 35.7 Å². The van der Waals surface area contributed by atoms with Crippen LogP contribution >= 0.6 is 15.9 Å². The van der Waals surface area contributed by atoms with Crippen LogP contribution in [0.4, 0.5) is 0 Å². The number of aryl methyl sites for hydroxylation is 1. The number of halogens is 1. The number of ketones is 1. The lowest BCUT2D eigenvalue weighted by Gasteiger charge is -2.04. The molecule has 0 radical (unpaired) electrons. The molecule has 0 aliphatic rings. The molecule has 0 spiro atoms. The number of Topliss-reactive ketones (excluding diaryl/α,β-unsaturated/α-hetero) is 1. The average Bonchev–Trinajstić information content (AvgIpc) is 2.41. The third kappa shape index (κ3) is 3.30. The lowest BCUT2D eigenvalue weighted by Crippen LogP contribution is -2.03. The number of rotatable bonds is 4. The highest BCUT2D eigenvalue weighted by atomic mass is 79.9. The summed E-state index contributed by atoms with van der Waals surface area (Å²) in [6, 6.07) is 15.8. The maximum atomic E-state index is 12.2. The van der Waals surface area contributed by atoms with Gasteiger partial charge in [0.15, 0.2) is 5.78 Å². The molecule has 0 aliphatic carbocycles. The first-order valence-corrected chi connectivity index (χ1v) is 6.85. The predicted molar refractivity (Wildman–Crippen MR) is 78.0 cm³/mol. The first-order chi connectivity index (χ1) is 8.69. The van der Waals surface area contributed by atoms with Crippen LogP contribution < -0.4 is 0 Å². The molecule has 0 saturated carbocycles. The van der Waals surface area contributed by atoms with E-state index in [0.29, 0.717) is 6.42 Å². The molecule has 0 unspecified atom stereocenters. The summed E-state index contributed by atoms with van der Waals surface area (Å²) >= 11 is 3.39. The molecule has 0 aromatic heterocycles. The van der Waals surface area contributed by atoms with Gasteiger partial charge in [0.2, 0.25) is 0 Å². The summed E-state index contributed by atoms with van der Waals surface area (Å²) in [4.78, 5) is 12.2. The van der Waals surface area contributed by atoms with Crippen molar-refractivity contribution in [3.63, 3.8) is 0 Å². The lowest BCUT2D eigenvalue weighted by atomic mass is 10.0. The Kier molecular flexibility index (Phi) is 4.32. The van der Waals surface area contributed by atoms with Crippen LogP contribution in [-0.4, -0.2) is 5.78 Å². The van der Waals surface area contributed by atoms with Crippen molar-refractivity contribution in [1.29, 1.82) is 0 Å². The summed E-state index contributed by atoms with van der Waals surface area (Å²) in [5.41, 5.74) is 3.05. The van der Waals surface area contributed by atoms with Crippen LogP contribution in [0.25, 0.3) is 0 Å². The molecule has 1 nitrogen and oxygen atoms in total. The van der Waals surface area contributed by atoms with Crippen molar-refractivity contribution in [2.45, 2.75) is 19.8 Å². The lowest BCUT2D eigenvalue weighted by molar-refractivity contribution is 0.0993. The molecule has 0 heterocycles. The van der Waals surface area contributed by atoms with E-state index in [1.807, 2.05) is 42.5 Å². The fourth-order valence-corrected chi connectivity index (χ4v) is 2.12. The molecule has 2 aromatic carbocycles. The van der Waals surface area contributed by atoms with Gasteiger partial charge in [-0.25, -0.2) is 0 Å². The normalized spacial score (nSPS) is 10.3. The summed E-state index contributed by atoms with van der Waals surface area (Å²) < 4.78 is 1.03. The molecular weight excluding hydrogens is 288 g/mol. The van der Waals surface area contributed by atoms with E-state index in [2.05, 4.69) is 28.9 Å². The Morgan fingerprint density at radius 2 is 1.78 bits per heavy atom. The smallest absolute Gasteiger partial charge is 0.167 e. The van der Waals surface area contributed by atoms with Gasteiger partial charge in [-0.2, -0.15) is 0 Å². The molecule has 18 heavy (non-hydrogen) atoms. The maximum Gasteiger partial charge on any atom is 0.167 e. The van der Waals surface area contributed by atoms with Crippen molar-refractivity contribution in [1.82, 2.24) is 0 Å². The van der Waals surface area contributed by atoms with Gasteiger partial charge in [0, 0.05) is 16.5 Å². The Labute approximate surface area is 116 Å². The maximum absolute atomic E-state index is 12.2. The molecule has 0 amide bonds. The summed E-state index contributed by atoms with van der Waals surface area (Å²) in [7, 11) is 0. The van der Waals surface area contributed by atoms with Crippen molar-refractivity contribution in [2.24, 2.45) is 0 Å². The highest BCUT2D eigenvalue weighted by molar-refractivity contribution is 9.10. The Morgan fingerprint density at radius 1 is 1.06 bits per heavy atom. The number of carbonyl (C=O) groups excluding carboxylic acids is 1. The summed E-state index contributed by atoms with van der Waals surface area (Å²) in [6.45, 7) is 2.10. The van der Waals surface area contributed by atoms with E-state index in [4.69, 9.17) is 0 Å². The summed E-state index contributed by atoms with van der Waals surface area (Å²) in [6.07, 6.45) is 1.42. The standard InChI is InChI=1S/C16H15BrO/c1-2-12-4-3-5-14(10-12)16(18)11-13-6-8-15(17)9-7-13/h3-10H,2,11H2,1H3. The van der Waals surface area contributed by atoms with E-state index in [-0.39, 0.29) is 5.78 Å². The van der Waals surface area contributed by atoms with E-state index in [1.165, 1.54) is 5.56 Å². The van der Waals surface area contributed by atoms with E-state index in [0.717, 1.165) is 22.0 Å². The zero-order valence-corrected chi connectivity index (χ0v) is 11.9. The van der Waals surface area contributed by atoms with Gasteiger partial charge in [0.25, 0.3) is 0 Å². The van der Waals surface area contributed by atoms with Crippen LogP contribution in [0.5, 0.6) is 0 Å². The Bertz CT molecular complexity index is 543. The molecular formula is C16H15BrO. The monoisotopic (exact) mass is 302 g/mol. The Balaban J connectivity index is 2.14. The van der Waals surface area contributed by atoms with Crippen LogP contribution in [0.15, 0.2) is 53.0 Å². The fourth-order valence-electron chi connectivity index (χ4n) is 1.85. The molecule has 0 fully saturated rings. The van der Waals surface area contributed by atoms with Crippen LogP contribution in [0.1, 0.15) is 28.4 Å². The van der Waals surface area contributed by atoms with Gasteiger partial charge in [-0.1, -0.05) is 53.2 Å². The van der Waals surface area contributed by atoms with E-state index in [9.17, 15) is 4.79 Å². The number of carbonyl (C=O) groups is 1. The second-order valence-electron chi connectivity index (χ2n) is 4.28. The minimum absolute atomic E-state index is 0.174. The number of hydrogen-bond donors (Lipinski definition) is 0. The predicted octanol–water partition coefficient (Wildman–Crippen LogP) is 4.44. The van der Waals surface area contributed by atoms with Crippen LogP contribution in [0.2, 0.25) is 0 Å². The molecule has 2 heteroatoms. The van der Waals surface area contributed by atoms with Gasteiger partial charge >= 0.3 is 0 Å². The third-order valence-electron chi connectivity index (χ3n) is 2.94. The molecule has 0 bridgehead atoms. The third-order valence-corrected chi connectivity index (χ3v) is 3.46. The fraction of sp³-hybridized carbons (Fsp3) is 0.188. The van der Waals surface area contributed by atoms with Gasteiger partial charge in [-0.3, -0.25) is 4.79 Å². The average molecular weight is 303 g/mol. The summed E-state index contributed by atoms with van der Waals surface area (Å²) in [5.74, 6) is 0.174. The Morgan fingerprint density at radius 3 is 2.44 bits per heavy atom. The Hall–Kier alpha value is -1.41. The SMILES string of the molecule is CCc1cccc(C(=O)Cc2ccc(Br)cc2)c1. The number of benzene rings is 2. The van der Waals surface area contributed by atoms with Gasteiger partial charge < -0.3 is 0 Å². The van der Waals surface area contributed by atoms with E-state index in [1.54, 1.807) is 0 Å². The first kappa shape index (κ1) is 13.0. The molecule has 92 valence electrons. The van der Waals surface area contributed by atoms with Crippen molar-refractivity contribution >= 4 is 21.7 Å². The van der Waals surface area contributed by atoms with Gasteiger partial charge in [-0.15, -0.1) is 0 Å². The zero-order valence-electron chi connectivity index (χ0n) is 10.3. The van der Waals surface area contributed by atoms with Crippen LogP contribution in [0, 0.1) is 0 Å². The molecule has 0 atom stereocenters. The topological polar surface area (TPSA) is 17.1 Å². The molecule has 0 aliphatic heterocycles. The molecule has 0 saturated heterocycles. The minimum atomic E-state index is 0.174. The quantitative estimate of drug-likeness (QED) is 0.763. The van der Waals surface area contributed by atoms with Crippen molar-refractivity contribution in [2.75, 3.05) is 0 Å². The van der Waals surface area contributed by atoms with Crippen molar-refractivity contribution in [3.8, 4) is 0 Å². The van der Waals surface area contributed by atoms with Crippen molar-refractivity contribution in [3.05, 3.63) is 69.7 Å². The first-order valence-electron chi connectivity index (χ1n) is 6.05. The molecule has 2 rings (SSSR count). The van der Waals surface area contributed by atoms with Gasteiger partial charge in [0.05, 0.1) is 0 Å². The van der Waals surface area contributed by atoms with Crippen LogP contribution in [0.3, 0.4) is 0 Å². The summed E-state index contributed by atoms with van der Waals surface area (Å²) in [5, 5.41) is 0. The van der Waals surface area contributed by atoms with Gasteiger partial charge in [0.1, 0.15) is 0 Å². The second kappa shape index (κ2) is 5.96. The largest absolute Gasteiger partial charge is 0.294 e. The second-order valence-corrected chi connectivity index (χ2v) is 5.20.